The minimum atomic E-state index is -0.789. The quantitative estimate of drug-likeness (QED) is 0.414. The summed E-state index contributed by atoms with van der Waals surface area (Å²) in [4.78, 5) is 11.7. The van der Waals surface area contributed by atoms with E-state index in [1.54, 1.807) is 0 Å². The number of carbonyl (C=O) groups excluding carboxylic acids is 1. The first kappa shape index (κ1) is 14.9. The number of carbonyl (C=O) groups is 1. The van der Waals surface area contributed by atoms with E-state index in [0.29, 0.717) is 12.3 Å². The van der Waals surface area contributed by atoms with Crippen LogP contribution in [0, 0.1) is 13.8 Å². The van der Waals surface area contributed by atoms with Crippen molar-refractivity contribution in [1.82, 2.24) is 10.6 Å². The smallest absolute Gasteiger partial charge is 0.271 e. The van der Waals surface area contributed by atoms with E-state index in [0.717, 1.165) is 17.7 Å². The number of rotatable bonds is 6. The van der Waals surface area contributed by atoms with Crippen molar-refractivity contribution in [1.29, 1.82) is 0 Å². The minimum absolute atomic E-state index is 0.227. The van der Waals surface area contributed by atoms with Crippen molar-refractivity contribution in [3.8, 4) is 5.75 Å². The second-order valence-corrected chi connectivity index (χ2v) is 4.53. The number of amides is 1. The summed E-state index contributed by atoms with van der Waals surface area (Å²) in [6.45, 7) is 5.24. The van der Waals surface area contributed by atoms with E-state index in [1.807, 2.05) is 39.1 Å². The van der Waals surface area contributed by atoms with Crippen molar-refractivity contribution < 1.29 is 9.53 Å². The van der Waals surface area contributed by atoms with E-state index in [-0.39, 0.29) is 5.91 Å². The monoisotopic (exact) mass is 268 g/mol. The molecule has 2 N–H and O–H groups in total. The summed E-state index contributed by atoms with van der Waals surface area (Å²) in [5, 5.41) is 5.68. The number of likely N-dealkylation sites (N-methyl/N-ethyl adjacent to an activating group) is 1. The molecular formula is C13H20N2O2S. The summed E-state index contributed by atoms with van der Waals surface area (Å²) < 4.78 is 5.55. The summed E-state index contributed by atoms with van der Waals surface area (Å²) >= 11 is 4.17. The minimum Gasteiger partial charge on any atom is -0.470 e. The van der Waals surface area contributed by atoms with E-state index in [4.69, 9.17) is 4.74 Å². The average Bonchev–Trinajstić information content (AvgIpc) is 2.35. The molecule has 0 bridgehead atoms. The number of thiol groups is 1. The summed E-state index contributed by atoms with van der Waals surface area (Å²) in [6, 6.07) is 5.74. The number of nitrogens with one attached hydrogen (secondary N) is 2. The maximum atomic E-state index is 11.7. The van der Waals surface area contributed by atoms with E-state index < -0.39 is 5.44 Å². The molecule has 1 aromatic carbocycles. The predicted octanol–water partition coefficient (Wildman–Crippen LogP) is 1.27. The molecule has 0 heterocycles. The normalized spacial score (nSPS) is 12.0. The lowest BCUT2D eigenvalue weighted by Gasteiger charge is -2.16. The van der Waals surface area contributed by atoms with E-state index in [2.05, 4.69) is 23.3 Å². The molecule has 0 aliphatic carbocycles. The van der Waals surface area contributed by atoms with Crippen molar-refractivity contribution in [2.24, 2.45) is 0 Å². The van der Waals surface area contributed by atoms with Gasteiger partial charge in [0.25, 0.3) is 5.91 Å². The van der Waals surface area contributed by atoms with Crippen LogP contribution in [0.25, 0.3) is 0 Å². The molecule has 0 aromatic heterocycles. The first-order valence-corrected chi connectivity index (χ1v) is 6.41. The molecule has 18 heavy (non-hydrogen) atoms. The van der Waals surface area contributed by atoms with Crippen LogP contribution in [-0.4, -0.2) is 31.5 Å². The first-order valence-electron chi connectivity index (χ1n) is 5.89. The van der Waals surface area contributed by atoms with Gasteiger partial charge in [0.15, 0.2) is 0 Å². The molecule has 0 fully saturated rings. The zero-order chi connectivity index (χ0) is 13.5. The zero-order valence-corrected chi connectivity index (χ0v) is 11.9. The molecule has 1 aromatic rings. The Labute approximate surface area is 114 Å². The lowest BCUT2D eigenvalue weighted by atomic mass is 10.1. The van der Waals surface area contributed by atoms with Crippen LogP contribution in [0.15, 0.2) is 18.2 Å². The molecule has 4 nitrogen and oxygen atoms in total. The predicted molar refractivity (Wildman–Crippen MR) is 76.3 cm³/mol. The highest BCUT2D eigenvalue weighted by molar-refractivity contribution is 7.81. The fourth-order valence-electron chi connectivity index (χ4n) is 1.42. The van der Waals surface area contributed by atoms with Crippen LogP contribution in [0.3, 0.4) is 0 Å². The molecule has 0 aliphatic heterocycles. The summed E-state index contributed by atoms with van der Waals surface area (Å²) in [7, 11) is 1.83. The van der Waals surface area contributed by atoms with Gasteiger partial charge < -0.3 is 15.4 Å². The van der Waals surface area contributed by atoms with E-state index in [1.165, 1.54) is 0 Å². The Morgan fingerprint density at radius 3 is 2.78 bits per heavy atom. The first-order chi connectivity index (χ1) is 8.56. The molecule has 1 unspecified atom stereocenters. The molecule has 0 radical (unpaired) electrons. The Balaban J connectivity index is 2.56. The van der Waals surface area contributed by atoms with Gasteiger partial charge in [-0.3, -0.25) is 4.79 Å². The van der Waals surface area contributed by atoms with Gasteiger partial charge in [-0.05, 0) is 38.1 Å². The average molecular weight is 268 g/mol. The van der Waals surface area contributed by atoms with Gasteiger partial charge in [-0.15, -0.1) is 12.6 Å². The number of hydrogen-bond acceptors (Lipinski definition) is 4. The van der Waals surface area contributed by atoms with E-state index >= 15 is 0 Å². The topological polar surface area (TPSA) is 50.4 Å². The second-order valence-electron chi connectivity index (χ2n) is 4.06. The molecular weight excluding hydrogens is 248 g/mol. The van der Waals surface area contributed by atoms with Crippen molar-refractivity contribution in [3.05, 3.63) is 29.3 Å². The van der Waals surface area contributed by atoms with Crippen molar-refractivity contribution in [2.45, 2.75) is 19.3 Å². The van der Waals surface area contributed by atoms with Crippen molar-refractivity contribution in [2.75, 3.05) is 20.1 Å². The standard InChI is InChI=1S/C13H20N2O2S/c1-9-5-4-6-11(10(9)2)17-13(18)12(16)15-8-7-14-3/h4-6,13-14,18H,7-8H2,1-3H3,(H,15,16). The molecule has 0 aliphatic rings. The van der Waals surface area contributed by atoms with Crippen LogP contribution >= 0.6 is 12.6 Å². The van der Waals surface area contributed by atoms with Gasteiger partial charge in [-0.2, -0.15) is 0 Å². The van der Waals surface area contributed by atoms with E-state index in [9.17, 15) is 4.79 Å². The fraction of sp³-hybridized carbons (Fsp3) is 0.462. The number of ether oxygens (including phenoxy) is 1. The number of benzene rings is 1. The highest BCUT2D eigenvalue weighted by Gasteiger charge is 2.16. The molecule has 0 saturated heterocycles. The Hall–Kier alpha value is -1.20. The lowest BCUT2D eigenvalue weighted by Crippen LogP contribution is -2.38. The molecule has 100 valence electrons. The summed E-state index contributed by atoms with van der Waals surface area (Å²) in [6.07, 6.45) is 0. The van der Waals surface area contributed by atoms with Crippen molar-refractivity contribution in [3.63, 3.8) is 0 Å². The van der Waals surface area contributed by atoms with Crippen LogP contribution in [0.2, 0.25) is 0 Å². The third kappa shape index (κ3) is 4.23. The van der Waals surface area contributed by atoms with Crippen LogP contribution in [0.5, 0.6) is 5.75 Å². The number of hydrogen-bond donors (Lipinski definition) is 3. The lowest BCUT2D eigenvalue weighted by molar-refractivity contribution is -0.124. The Bertz CT molecular complexity index is 410. The highest BCUT2D eigenvalue weighted by Crippen LogP contribution is 2.22. The molecule has 0 saturated carbocycles. The molecule has 5 heteroatoms. The van der Waals surface area contributed by atoms with Gasteiger partial charge in [0.2, 0.25) is 5.44 Å². The molecule has 1 amide bonds. The van der Waals surface area contributed by atoms with Gasteiger partial charge in [-0.1, -0.05) is 12.1 Å². The second kappa shape index (κ2) is 7.28. The maximum absolute atomic E-state index is 11.7. The van der Waals surface area contributed by atoms with Gasteiger partial charge in [0.05, 0.1) is 0 Å². The zero-order valence-electron chi connectivity index (χ0n) is 11.0. The largest absolute Gasteiger partial charge is 0.470 e. The van der Waals surface area contributed by atoms with Gasteiger partial charge in [0.1, 0.15) is 5.75 Å². The highest BCUT2D eigenvalue weighted by atomic mass is 32.1. The van der Waals surface area contributed by atoms with Crippen LogP contribution in [0.1, 0.15) is 11.1 Å². The van der Waals surface area contributed by atoms with Gasteiger partial charge in [0, 0.05) is 13.1 Å². The van der Waals surface area contributed by atoms with Gasteiger partial charge in [-0.25, -0.2) is 0 Å². The van der Waals surface area contributed by atoms with Crippen molar-refractivity contribution >= 4 is 18.5 Å². The Morgan fingerprint density at radius 2 is 2.11 bits per heavy atom. The van der Waals surface area contributed by atoms with Crippen LogP contribution in [0.4, 0.5) is 0 Å². The Morgan fingerprint density at radius 1 is 1.39 bits per heavy atom. The molecule has 1 atom stereocenters. The maximum Gasteiger partial charge on any atom is 0.271 e. The third-order valence-electron chi connectivity index (χ3n) is 2.69. The SMILES string of the molecule is CNCCNC(=O)C(S)Oc1cccc(C)c1C. The van der Waals surface area contributed by atoms with Crippen LogP contribution < -0.4 is 15.4 Å². The molecule has 0 spiro atoms. The number of aryl methyl sites for hydroxylation is 1. The summed E-state index contributed by atoms with van der Waals surface area (Å²) in [5.74, 6) is 0.466. The Kier molecular flexibility index (Phi) is 6.01. The van der Waals surface area contributed by atoms with Crippen LogP contribution in [-0.2, 0) is 4.79 Å². The van der Waals surface area contributed by atoms with Gasteiger partial charge >= 0.3 is 0 Å². The third-order valence-corrected chi connectivity index (χ3v) is 3.03. The summed E-state index contributed by atoms with van der Waals surface area (Å²) in [5.41, 5.74) is 1.37. The fourth-order valence-corrected chi connectivity index (χ4v) is 1.63. The molecule has 1 rings (SSSR count).